The van der Waals surface area contributed by atoms with Gasteiger partial charge in [-0.15, -0.1) is 0 Å². The molecule has 2 amide bonds. The Morgan fingerprint density at radius 1 is 1.12 bits per heavy atom. The van der Waals surface area contributed by atoms with Crippen molar-refractivity contribution < 1.29 is 13.2 Å². The number of benzene rings is 1. The van der Waals surface area contributed by atoms with Crippen LogP contribution in [0.2, 0.25) is 0 Å². The van der Waals surface area contributed by atoms with E-state index in [1.165, 1.54) is 4.31 Å². The molecule has 0 heterocycles. The zero-order valence-electron chi connectivity index (χ0n) is 15.7. The average Bonchev–Trinajstić information content (AvgIpc) is 2.55. The second-order valence-corrected chi connectivity index (χ2v) is 8.48. The molecule has 142 valence electrons. The third kappa shape index (κ3) is 7.44. The van der Waals surface area contributed by atoms with Crippen molar-refractivity contribution in [2.24, 2.45) is 5.92 Å². The maximum atomic E-state index is 12.2. The summed E-state index contributed by atoms with van der Waals surface area (Å²) < 4.78 is 25.6. The summed E-state index contributed by atoms with van der Waals surface area (Å²) in [5.74, 6) is 0.330. The van der Waals surface area contributed by atoms with Crippen LogP contribution >= 0.6 is 0 Å². The van der Waals surface area contributed by atoms with Gasteiger partial charge >= 0.3 is 6.03 Å². The number of amides is 2. The maximum Gasteiger partial charge on any atom is 0.315 e. The number of rotatable bonds is 10. The Hall–Kier alpha value is -1.60. The molecular weight excluding hydrogens is 338 g/mol. The number of carbonyl (C=O) groups excluding carboxylic acids is 1. The zero-order valence-corrected chi connectivity index (χ0v) is 16.5. The van der Waals surface area contributed by atoms with Crippen LogP contribution in [0.3, 0.4) is 0 Å². The van der Waals surface area contributed by atoms with Crippen LogP contribution in [0.1, 0.15) is 45.7 Å². The van der Waals surface area contributed by atoms with Crippen LogP contribution in [0.5, 0.6) is 0 Å². The summed E-state index contributed by atoms with van der Waals surface area (Å²) in [6, 6.07) is 9.35. The van der Waals surface area contributed by atoms with Crippen LogP contribution in [-0.2, 0) is 10.0 Å². The van der Waals surface area contributed by atoms with Crippen molar-refractivity contribution in [3.8, 4) is 0 Å². The second kappa shape index (κ2) is 10.4. The summed E-state index contributed by atoms with van der Waals surface area (Å²) in [6.45, 7) is 8.78. The first kappa shape index (κ1) is 21.4. The van der Waals surface area contributed by atoms with Crippen molar-refractivity contribution in [1.82, 2.24) is 14.9 Å². The molecule has 0 saturated carbocycles. The van der Waals surface area contributed by atoms with Gasteiger partial charge in [-0.1, -0.05) is 58.0 Å². The predicted octanol–water partition coefficient (Wildman–Crippen LogP) is 2.74. The van der Waals surface area contributed by atoms with Gasteiger partial charge in [0.25, 0.3) is 0 Å². The van der Waals surface area contributed by atoms with E-state index in [-0.39, 0.29) is 24.4 Å². The normalized spacial score (nSPS) is 13.0. The number of urea groups is 1. The molecule has 7 heteroatoms. The second-order valence-electron chi connectivity index (χ2n) is 6.39. The summed E-state index contributed by atoms with van der Waals surface area (Å²) in [5.41, 5.74) is 1.04. The maximum absolute atomic E-state index is 12.2. The highest BCUT2D eigenvalue weighted by molar-refractivity contribution is 7.89. The van der Waals surface area contributed by atoms with Crippen molar-refractivity contribution in [2.75, 3.05) is 25.4 Å². The minimum atomic E-state index is -3.33. The van der Waals surface area contributed by atoms with Crippen LogP contribution in [-0.4, -0.2) is 44.1 Å². The Morgan fingerprint density at radius 3 is 2.24 bits per heavy atom. The molecule has 1 unspecified atom stereocenters. The molecule has 6 nitrogen and oxygen atoms in total. The number of carbonyl (C=O) groups is 1. The SMILES string of the molecule is CCN(CC)S(=O)(=O)CCNC(=O)NC(CC(C)C)c1ccccc1. The quantitative estimate of drug-likeness (QED) is 0.666. The molecule has 0 spiro atoms. The third-order valence-electron chi connectivity index (χ3n) is 3.96. The van der Waals surface area contributed by atoms with Gasteiger partial charge in [0, 0.05) is 19.6 Å². The molecule has 0 aliphatic heterocycles. The minimum Gasteiger partial charge on any atom is -0.337 e. The van der Waals surface area contributed by atoms with E-state index in [1.807, 2.05) is 30.3 Å². The Bertz CT molecular complexity index is 614. The summed E-state index contributed by atoms with van der Waals surface area (Å²) in [4.78, 5) is 12.2. The Balaban J connectivity index is 2.58. The topological polar surface area (TPSA) is 78.5 Å². The standard InChI is InChI=1S/C18H31N3O3S/c1-5-21(6-2)25(23,24)13-12-19-18(22)20-17(14-15(3)4)16-10-8-7-9-11-16/h7-11,15,17H,5-6,12-14H2,1-4H3,(H2,19,20,22). The molecule has 0 fully saturated rings. The fourth-order valence-corrected chi connectivity index (χ4v) is 4.09. The summed E-state index contributed by atoms with van der Waals surface area (Å²) in [5, 5.41) is 5.61. The first-order chi connectivity index (χ1) is 11.8. The van der Waals surface area contributed by atoms with Gasteiger partial charge in [-0.2, -0.15) is 0 Å². The number of sulfonamides is 1. The largest absolute Gasteiger partial charge is 0.337 e. The lowest BCUT2D eigenvalue weighted by molar-refractivity contribution is 0.235. The lowest BCUT2D eigenvalue weighted by Gasteiger charge is -2.22. The molecule has 2 N–H and O–H groups in total. The number of hydrogen-bond acceptors (Lipinski definition) is 3. The van der Waals surface area contributed by atoms with E-state index in [9.17, 15) is 13.2 Å². The van der Waals surface area contributed by atoms with Gasteiger partial charge < -0.3 is 10.6 Å². The van der Waals surface area contributed by atoms with Gasteiger partial charge in [0.05, 0.1) is 11.8 Å². The third-order valence-corrected chi connectivity index (χ3v) is 5.98. The smallest absolute Gasteiger partial charge is 0.315 e. The van der Waals surface area contributed by atoms with E-state index in [0.717, 1.165) is 12.0 Å². The van der Waals surface area contributed by atoms with Crippen LogP contribution in [0, 0.1) is 5.92 Å². The molecule has 0 bridgehead atoms. The molecule has 1 atom stereocenters. The average molecular weight is 370 g/mol. The highest BCUT2D eigenvalue weighted by Gasteiger charge is 2.19. The van der Waals surface area contributed by atoms with E-state index in [4.69, 9.17) is 0 Å². The molecule has 0 aliphatic rings. The first-order valence-corrected chi connectivity index (χ1v) is 10.5. The Kier molecular flexibility index (Phi) is 8.92. The lowest BCUT2D eigenvalue weighted by atomic mass is 9.97. The monoisotopic (exact) mass is 369 g/mol. The van der Waals surface area contributed by atoms with Gasteiger partial charge in [-0.25, -0.2) is 17.5 Å². The van der Waals surface area contributed by atoms with Crippen LogP contribution in [0.15, 0.2) is 30.3 Å². The lowest BCUT2D eigenvalue weighted by Crippen LogP contribution is -2.42. The van der Waals surface area contributed by atoms with Gasteiger partial charge in [0.2, 0.25) is 10.0 Å². The highest BCUT2D eigenvalue weighted by Crippen LogP contribution is 2.20. The van der Waals surface area contributed by atoms with Gasteiger partial charge in [-0.05, 0) is 17.9 Å². The number of nitrogens with zero attached hydrogens (tertiary/aromatic N) is 1. The summed E-state index contributed by atoms with van der Waals surface area (Å²) in [6.07, 6.45) is 0.815. The molecule has 0 radical (unpaired) electrons. The molecule has 0 saturated heterocycles. The fraction of sp³-hybridized carbons (Fsp3) is 0.611. The molecule has 0 aliphatic carbocycles. The van der Waals surface area contributed by atoms with Crippen LogP contribution < -0.4 is 10.6 Å². The van der Waals surface area contributed by atoms with Crippen molar-refractivity contribution in [3.63, 3.8) is 0 Å². The molecular formula is C18H31N3O3S. The van der Waals surface area contributed by atoms with Crippen molar-refractivity contribution >= 4 is 16.1 Å². The van der Waals surface area contributed by atoms with Crippen LogP contribution in [0.4, 0.5) is 4.79 Å². The van der Waals surface area contributed by atoms with E-state index < -0.39 is 10.0 Å². The van der Waals surface area contributed by atoms with Crippen molar-refractivity contribution in [3.05, 3.63) is 35.9 Å². The first-order valence-electron chi connectivity index (χ1n) is 8.87. The van der Waals surface area contributed by atoms with E-state index in [1.54, 1.807) is 13.8 Å². The Labute approximate surface area is 152 Å². The summed E-state index contributed by atoms with van der Waals surface area (Å²) >= 11 is 0. The van der Waals surface area contributed by atoms with Crippen molar-refractivity contribution in [1.29, 1.82) is 0 Å². The Morgan fingerprint density at radius 2 is 1.72 bits per heavy atom. The molecule has 1 aromatic rings. The van der Waals surface area contributed by atoms with Crippen LogP contribution in [0.25, 0.3) is 0 Å². The van der Waals surface area contributed by atoms with E-state index >= 15 is 0 Å². The zero-order chi connectivity index (χ0) is 18.9. The molecule has 25 heavy (non-hydrogen) atoms. The van der Waals surface area contributed by atoms with Crippen molar-refractivity contribution in [2.45, 2.75) is 40.2 Å². The number of nitrogens with one attached hydrogen (secondary N) is 2. The van der Waals surface area contributed by atoms with E-state index in [0.29, 0.717) is 19.0 Å². The van der Waals surface area contributed by atoms with E-state index in [2.05, 4.69) is 24.5 Å². The number of hydrogen-bond donors (Lipinski definition) is 2. The molecule has 0 aromatic heterocycles. The van der Waals surface area contributed by atoms with Gasteiger partial charge in [-0.3, -0.25) is 0 Å². The van der Waals surface area contributed by atoms with Gasteiger partial charge in [0.1, 0.15) is 0 Å². The van der Waals surface area contributed by atoms with Gasteiger partial charge in [0.15, 0.2) is 0 Å². The minimum absolute atomic E-state index is 0.0911. The molecule has 1 rings (SSSR count). The molecule has 1 aromatic carbocycles. The summed E-state index contributed by atoms with van der Waals surface area (Å²) in [7, 11) is -3.33. The fourth-order valence-electron chi connectivity index (χ4n) is 2.68. The highest BCUT2D eigenvalue weighted by atomic mass is 32.2. The predicted molar refractivity (Wildman–Crippen MR) is 102 cm³/mol.